The van der Waals surface area contributed by atoms with Gasteiger partial charge in [-0.1, -0.05) is 31.4 Å². The van der Waals surface area contributed by atoms with Gasteiger partial charge >= 0.3 is 0 Å². The molecule has 5 nitrogen and oxygen atoms in total. The number of piperazine rings is 1. The molecule has 27 heavy (non-hydrogen) atoms. The maximum absolute atomic E-state index is 12.6. The van der Waals surface area contributed by atoms with Crippen LogP contribution < -0.4 is 0 Å². The molecule has 1 aromatic carbocycles. The number of carbonyl (C=O) groups is 1. The van der Waals surface area contributed by atoms with Crippen molar-refractivity contribution in [3.8, 4) is 5.69 Å². The quantitative estimate of drug-likeness (QED) is 0.813. The van der Waals surface area contributed by atoms with Crippen LogP contribution in [-0.2, 0) is 11.3 Å². The van der Waals surface area contributed by atoms with Crippen molar-refractivity contribution in [1.29, 1.82) is 0 Å². The first-order valence-electron chi connectivity index (χ1n) is 10.4. The molecule has 2 heterocycles. The molecule has 1 aliphatic heterocycles. The lowest BCUT2D eigenvalue weighted by Gasteiger charge is -2.35. The number of hydrogen-bond donors (Lipinski definition) is 0. The summed E-state index contributed by atoms with van der Waals surface area (Å²) < 4.78 is 1.88. The van der Waals surface area contributed by atoms with E-state index in [-0.39, 0.29) is 0 Å². The second-order valence-corrected chi connectivity index (χ2v) is 7.98. The molecule has 0 spiro atoms. The van der Waals surface area contributed by atoms with E-state index in [1.165, 1.54) is 37.7 Å². The summed E-state index contributed by atoms with van der Waals surface area (Å²) in [6.07, 6.45) is 11.0. The Morgan fingerprint density at radius 3 is 2.41 bits per heavy atom. The Morgan fingerprint density at radius 2 is 1.74 bits per heavy atom. The van der Waals surface area contributed by atoms with Gasteiger partial charge in [-0.3, -0.25) is 9.69 Å². The maximum Gasteiger partial charge on any atom is 0.222 e. The van der Waals surface area contributed by atoms with Gasteiger partial charge in [0.1, 0.15) is 0 Å². The van der Waals surface area contributed by atoms with E-state index in [1.807, 2.05) is 16.9 Å². The van der Waals surface area contributed by atoms with Crippen LogP contribution in [0.15, 0.2) is 42.7 Å². The molecular weight excluding hydrogens is 336 g/mol. The molecule has 1 saturated heterocycles. The molecule has 0 radical (unpaired) electrons. The lowest BCUT2D eigenvalue weighted by Crippen LogP contribution is -2.48. The molecule has 5 heteroatoms. The normalized spacial score (nSPS) is 19.3. The number of nitrogens with zero attached hydrogens (tertiary/aromatic N) is 4. The summed E-state index contributed by atoms with van der Waals surface area (Å²) in [6.45, 7) is 4.63. The maximum atomic E-state index is 12.6. The van der Waals surface area contributed by atoms with Crippen molar-refractivity contribution >= 4 is 5.91 Å². The van der Waals surface area contributed by atoms with Crippen LogP contribution in [0.5, 0.6) is 0 Å². The molecule has 2 aliphatic rings. The van der Waals surface area contributed by atoms with Crippen molar-refractivity contribution in [2.75, 3.05) is 26.2 Å². The van der Waals surface area contributed by atoms with Gasteiger partial charge in [0.25, 0.3) is 0 Å². The highest BCUT2D eigenvalue weighted by Crippen LogP contribution is 2.27. The fourth-order valence-electron chi connectivity index (χ4n) is 4.36. The van der Waals surface area contributed by atoms with Crippen LogP contribution in [-0.4, -0.2) is 51.7 Å². The Morgan fingerprint density at radius 1 is 1.00 bits per heavy atom. The number of aromatic nitrogens is 2. The van der Waals surface area contributed by atoms with Gasteiger partial charge in [0.05, 0.1) is 5.69 Å². The average molecular weight is 367 g/mol. The first kappa shape index (κ1) is 18.2. The van der Waals surface area contributed by atoms with Gasteiger partial charge in [-0.15, -0.1) is 0 Å². The molecule has 1 aliphatic carbocycles. The minimum Gasteiger partial charge on any atom is -0.340 e. The number of carbonyl (C=O) groups excluding carboxylic acids is 1. The van der Waals surface area contributed by atoms with Gasteiger partial charge in [0, 0.05) is 51.5 Å². The molecule has 0 unspecified atom stereocenters. The van der Waals surface area contributed by atoms with Crippen LogP contribution in [0.2, 0.25) is 0 Å². The van der Waals surface area contributed by atoms with Crippen LogP contribution in [0.4, 0.5) is 0 Å². The first-order chi connectivity index (χ1) is 13.3. The Balaban J connectivity index is 1.24. The third kappa shape index (κ3) is 4.78. The summed E-state index contributed by atoms with van der Waals surface area (Å²) in [7, 11) is 0. The Kier molecular flexibility index (Phi) is 5.87. The topological polar surface area (TPSA) is 41.4 Å². The second kappa shape index (κ2) is 8.70. The first-order valence-corrected chi connectivity index (χ1v) is 10.4. The molecule has 4 rings (SSSR count). The van der Waals surface area contributed by atoms with Crippen LogP contribution in [0.25, 0.3) is 5.69 Å². The van der Waals surface area contributed by atoms with Crippen LogP contribution in [0, 0.1) is 5.92 Å². The Hall–Kier alpha value is -2.14. The fourth-order valence-corrected chi connectivity index (χ4v) is 4.36. The predicted molar refractivity (Wildman–Crippen MR) is 107 cm³/mol. The molecule has 1 saturated carbocycles. The highest BCUT2D eigenvalue weighted by molar-refractivity contribution is 5.76. The Bertz CT molecular complexity index is 711. The fraction of sp³-hybridized carbons (Fsp3) is 0.545. The largest absolute Gasteiger partial charge is 0.340 e. The van der Waals surface area contributed by atoms with E-state index in [2.05, 4.69) is 39.2 Å². The van der Waals surface area contributed by atoms with Crippen molar-refractivity contribution in [2.24, 2.45) is 5.92 Å². The van der Waals surface area contributed by atoms with E-state index in [0.29, 0.717) is 11.8 Å². The molecule has 1 amide bonds. The van der Waals surface area contributed by atoms with Crippen LogP contribution >= 0.6 is 0 Å². The third-order valence-corrected chi connectivity index (χ3v) is 6.02. The summed E-state index contributed by atoms with van der Waals surface area (Å²) >= 11 is 0. The molecule has 144 valence electrons. The van der Waals surface area contributed by atoms with Crippen molar-refractivity contribution in [1.82, 2.24) is 19.6 Å². The minimum atomic E-state index is 0.380. The monoisotopic (exact) mass is 366 g/mol. The molecular formula is C22H30N4O. The predicted octanol–water partition coefficient (Wildman–Crippen LogP) is 3.49. The molecule has 2 fully saturated rings. The Labute approximate surface area is 162 Å². The lowest BCUT2D eigenvalue weighted by atomic mass is 9.86. The van der Waals surface area contributed by atoms with E-state index < -0.39 is 0 Å². The summed E-state index contributed by atoms with van der Waals surface area (Å²) in [5, 5.41) is 4.27. The van der Waals surface area contributed by atoms with Crippen molar-refractivity contribution in [3.05, 3.63) is 48.3 Å². The van der Waals surface area contributed by atoms with Gasteiger partial charge < -0.3 is 4.90 Å². The van der Waals surface area contributed by atoms with Gasteiger partial charge in [-0.05, 0) is 42.5 Å². The molecule has 0 bridgehead atoms. The summed E-state index contributed by atoms with van der Waals surface area (Å²) in [4.78, 5) is 17.1. The number of hydrogen-bond acceptors (Lipinski definition) is 3. The zero-order valence-corrected chi connectivity index (χ0v) is 16.1. The van der Waals surface area contributed by atoms with Crippen molar-refractivity contribution < 1.29 is 4.79 Å². The number of amides is 1. The summed E-state index contributed by atoms with van der Waals surface area (Å²) in [5.74, 6) is 1.02. The van der Waals surface area contributed by atoms with Gasteiger partial charge in [0.15, 0.2) is 0 Å². The minimum absolute atomic E-state index is 0.380. The smallest absolute Gasteiger partial charge is 0.222 e. The average Bonchev–Trinajstić information content (AvgIpc) is 3.25. The number of rotatable bonds is 5. The van der Waals surface area contributed by atoms with E-state index >= 15 is 0 Å². The molecule has 0 N–H and O–H groups in total. The van der Waals surface area contributed by atoms with E-state index in [0.717, 1.165) is 44.8 Å². The van der Waals surface area contributed by atoms with E-state index in [9.17, 15) is 4.79 Å². The molecule has 0 atom stereocenters. The summed E-state index contributed by atoms with van der Waals surface area (Å²) in [6, 6.07) is 10.5. The van der Waals surface area contributed by atoms with Crippen LogP contribution in [0.1, 0.15) is 44.1 Å². The highest BCUT2D eigenvalue weighted by atomic mass is 16.2. The zero-order valence-electron chi connectivity index (χ0n) is 16.1. The van der Waals surface area contributed by atoms with Gasteiger partial charge in [-0.2, -0.15) is 5.10 Å². The van der Waals surface area contributed by atoms with Gasteiger partial charge in [-0.25, -0.2) is 4.68 Å². The zero-order chi connectivity index (χ0) is 18.5. The van der Waals surface area contributed by atoms with Gasteiger partial charge in [0.2, 0.25) is 5.91 Å². The lowest BCUT2D eigenvalue weighted by molar-refractivity contribution is -0.134. The molecule has 2 aromatic rings. The van der Waals surface area contributed by atoms with E-state index in [1.54, 1.807) is 6.20 Å². The molecule has 1 aromatic heterocycles. The van der Waals surface area contributed by atoms with Crippen LogP contribution in [0.3, 0.4) is 0 Å². The highest BCUT2D eigenvalue weighted by Gasteiger charge is 2.24. The third-order valence-electron chi connectivity index (χ3n) is 6.02. The van der Waals surface area contributed by atoms with Crippen molar-refractivity contribution in [3.63, 3.8) is 0 Å². The van der Waals surface area contributed by atoms with E-state index in [4.69, 9.17) is 0 Å². The number of benzene rings is 1. The standard InChI is InChI=1S/C22H30N4O/c27-22(17-19-5-2-1-3-6-19)25-15-13-24(14-16-25)18-20-7-9-21(10-8-20)26-12-4-11-23-26/h4,7-12,19H,1-3,5-6,13-18H2. The summed E-state index contributed by atoms with van der Waals surface area (Å²) in [5.41, 5.74) is 2.40. The SMILES string of the molecule is O=C(CC1CCCCC1)N1CCN(Cc2ccc(-n3cccn3)cc2)CC1. The van der Waals surface area contributed by atoms with Crippen molar-refractivity contribution in [2.45, 2.75) is 45.1 Å². The second-order valence-electron chi connectivity index (χ2n) is 7.98.